The number of rotatable bonds is 5. The van der Waals surface area contributed by atoms with Crippen LogP contribution in [0.25, 0.3) is 22.3 Å². The molecule has 0 saturated carbocycles. The van der Waals surface area contributed by atoms with Crippen LogP contribution in [0.4, 0.5) is 0 Å². The molecular formula is C31H24O3. The summed E-state index contributed by atoms with van der Waals surface area (Å²) in [6.07, 6.45) is 0. The Labute approximate surface area is 199 Å². The van der Waals surface area contributed by atoms with Crippen molar-refractivity contribution in [1.29, 1.82) is 0 Å². The van der Waals surface area contributed by atoms with Crippen LogP contribution in [-0.4, -0.2) is 13.1 Å². The largest absolute Gasteiger partial charge is 0.497 e. The van der Waals surface area contributed by atoms with Gasteiger partial charge in [0.1, 0.15) is 11.5 Å². The van der Waals surface area contributed by atoms with Gasteiger partial charge in [-0.3, -0.25) is 0 Å². The van der Waals surface area contributed by atoms with E-state index in [2.05, 4.69) is 67.2 Å². The molecule has 0 aliphatic heterocycles. The first-order valence-corrected chi connectivity index (χ1v) is 11.1. The second-order valence-corrected chi connectivity index (χ2v) is 8.26. The molecule has 0 radical (unpaired) electrons. The van der Waals surface area contributed by atoms with Crippen LogP contribution in [0.5, 0.6) is 11.5 Å². The fourth-order valence-electron chi connectivity index (χ4n) is 4.38. The fraction of sp³-hybridized carbons (Fsp3) is 0.0645. The Morgan fingerprint density at radius 3 is 1.53 bits per heavy atom. The minimum atomic E-state index is -0.430. The van der Waals surface area contributed by atoms with Crippen LogP contribution in [0.1, 0.15) is 29.2 Å². The summed E-state index contributed by atoms with van der Waals surface area (Å²) in [5.74, 6) is 0.866. The first-order valence-electron chi connectivity index (χ1n) is 11.1. The van der Waals surface area contributed by atoms with Gasteiger partial charge in [0, 0.05) is 5.57 Å². The molecule has 1 aliphatic rings. The minimum Gasteiger partial charge on any atom is -0.497 e. The zero-order valence-electron chi connectivity index (χ0n) is 19.2. The van der Waals surface area contributed by atoms with Crippen molar-refractivity contribution in [2.24, 2.45) is 0 Å². The fourth-order valence-corrected chi connectivity index (χ4v) is 4.38. The Hall–Kier alpha value is -4.37. The molecule has 0 bridgehead atoms. The van der Waals surface area contributed by atoms with Gasteiger partial charge in [-0.2, -0.15) is 0 Å². The summed E-state index contributed by atoms with van der Waals surface area (Å²) in [5.41, 5.74) is 9.62. The molecule has 4 aromatic carbocycles. The molecule has 1 aliphatic carbocycles. The van der Waals surface area contributed by atoms with E-state index < -0.39 is 5.97 Å². The van der Waals surface area contributed by atoms with E-state index in [4.69, 9.17) is 9.47 Å². The van der Waals surface area contributed by atoms with Crippen molar-refractivity contribution < 1.29 is 14.3 Å². The maximum atomic E-state index is 12.0. The van der Waals surface area contributed by atoms with Gasteiger partial charge in [0.25, 0.3) is 0 Å². The van der Waals surface area contributed by atoms with Gasteiger partial charge in [0.2, 0.25) is 0 Å². The zero-order chi connectivity index (χ0) is 23.7. The number of ether oxygens (including phenoxy) is 2. The van der Waals surface area contributed by atoms with Crippen LogP contribution in [0.3, 0.4) is 0 Å². The molecule has 0 saturated heterocycles. The molecule has 0 aromatic heterocycles. The summed E-state index contributed by atoms with van der Waals surface area (Å²) in [6, 6.07) is 32.8. The highest BCUT2D eigenvalue weighted by Gasteiger charge is 2.26. The Bertz CT molecular complexity index is 1380. The normalized spacial score (nSPS) is 11.4. The van der Waals surface area contributed by atoms with Crippen molar-refractivity contribution in [2.45, 2.75) is 6.92 Å². The number of esters is 1. The Morgan fingerprint density at radius 2 is 1.09 bits per heavy atom. The van der Waals surface area contributed by atoms with Crippen LogP contribution in [-0.2, 0) is 4.79 Å². The van der Waals surface area contributed by atoms with Crippen LogP contribution in [0, 0.1) is 0 Å². The molecule has 0 N–H and O–H groups in total. The van der Waals surface area contributed by atoms with Gasteiger partial charge in [0.05, 0.1) is 7.11 Å². The summed E-state index contributed by atoms with van der Waals surface area (Å²) < 4.78 is 10.8. The lowest BCUT2D eigenvalue weighted by molar-refractivity contribution is -0.130. The molecule has 3 nitrogen and oxygen atoms in total. The second-order valence-electron chi connectivity index (χ2n) is 8.26. The third kappa shape index (κ3) is 3.82. The van der Waals surface area contributed by atoms with Crippen molar-refractivity contribution in [3.05, 3.63) is 131 Å². The number of methoxy groups -OCH3 is 1. The van der Waals surface area contributed by atoms with Crippen molar-refractivity contribution in [3.63, 3.8) is 0 Å². The zero-order valence-corrected chi connectivity index (χ0v) is 19.2. The molecular weight excluding hydrogens is 420 g/mol. The predicted octanol–water partition coefficient (Wildman–Crippen LogP) is 7.16. The maximum Gasteiger partial charge on any atom is 0.338 e. The summed E-state index contributed by atoms with van der Waals surface area (Å²) in [4.78, 5) is 12.0. The van der Waals surface area contributed by atoms with Gasteiger partial charge in [0.15, 0.2) is 0 Å². The van der Waals surface area contributed by atoms with E-state index >= 15 is 0 Å². The highest BCUT2D eigenvalue weighted by molar-refractivity contribution is 6.13. The van der Waals surface area contributed by atoms with Gasteiger partial charge in [-0.05, 0) is 75.7 Å². The van der Waals surface area contributed by atoms with E-state index in [0.717, 1.165) is 22.4 Å². The number of fused-ring (bicyclic) bond motifs is 3. The Morgan fingerprint density at radius 1 is 0.647 bits per heavy atom. The van der Waals surface area contributed by atoms with Gasteiger partial charge >= 0.3 is 5.97 Å². The number of hydrogen-bond donors (Lipinski definition) is 0. The number of benzene rings is 4. The lowest BCUT2D eigenvalue weighted by Gasteiger charge is -2.16. The van der Waals surface area contributed by atoms with E-state index in [1.807, 2.05) is 36.4 Å². The first-order chi connectivity index (χ1) is 16.6. The monoisotopic (exact) mass is 444 g/mol. The molecule has 0 fully saturated rings. The van der Waals surface area contributed by atoms with Crippen LogP contribution < -0.4 is 9.47 Å². The van der Waals surface area contributed by atoms with Crippen molar-refractivity contribution in [1.82, 2.24) is 0 Å². The highest BCUT2D eigenvalue weighted by Crippen LogP contribution is 2.48. The minimum absolute atomic E-state index is 0.365. The number of carbonyl (C=O) groups is 1. The molecule has 4 aromatic rings. The van der Waals surface area contributed by atoms with Gasteiger partial charge in [-0.1, -0.05) is 79.4 Å². The quantitative estimate of drug-likeness (QED) is 0.164. The second kappa shape index (κ2) is 8.87. The number of carbonyl (C=O) groups excluding carboxylic acids is 1. The molecule has 0 spiro atoms. The Balaban J connectivity index is 1.73. The summed E-state index contributed by atoms with van der Waals surface area (Å²) >= 11 is 0. The summed E-state index contributed by atoms with van der Waals surface area (Å²) in [6.45, 7) is 5.29. The molecule has 0 amide bonds. The maximum absolute atomic E-state index is 12.0. The van der Waals surface area contributed by atoms with Crippen LogP contribution >= 0.6 is 0 Å². The van der Waals surface area contributed by atoms with Crippen LogP contribution in [0.2, 0.25) is 0 Å². The molecule has 34 heavy (non-hydrogen) atoms. The van der Waals surface area contributed by atoms with Crippen molar-refractivity contribution in [3.8, 4) is 22.6 Å². The molecule has 3 heteroatoms. The summed E-state index contributed by atoms with van der Waals surface area (Å²) in [5, 5.41) is 0. The van der Waals surface area contributed by atoms with Gasteiger partial charge in [-0.15, -0.1) is 0 Å². The average molecular weight is 445 g/mol. The Kier molecular flexibility index (Phi) is 5.60. The molecule has 0 heterocycles. The number of hydrogen-bond acceptors (Lipinski definition) is 3. The van der Waals surface area contributed by atoms with E-state index in [1.54, 1.807) is 14.0 Å². The topological polar surface area (TPSA) is 35.5 Å². The summed E-state index contributed by atoms with van der Waals surface area (Å²) in [7, 11) is 1.67. The van der Waals surface area contributed by atoms with E-state index in [1.165, 1.54) is 27.8 Å². The van der Waals surface area contributed by atoms with E-state index in [0.29, 0.717) is 11.3 Å². The van der Waals surface area contributed by atoms with E-state index in [9.17, 15) is 4.79 Å². The van der Waals surface area contributed by atoms with Gasteiger partial charge in [-0.25, -0.2) is 4.79 Å². The van der Waals surface area contributed by atoms with Crippen LogP contribution in [0.15, 0.2) is 109 Å². The van der Waals surface area contributed by atoms with Crippen molar-refractivity contribution in [2.75, 3.05) is 7.11 Å². The highest BCUT2D eigenvalue weighted by atomic mass is 16.5. The molecule has 0 unspecified atom stereocenters. The third-order valence-corrected chi connectivity index (χ3v) is 6.01. The smallest absolute Gasteiger partial charge is 0.338 e. The lowest BCUT2D eigenvalue weighted by atomic mass is 9.88. The third-order valence-electron chi connectivity index (χ3n) is 6.01. The predicted molar refractivity (Wildman–Crippen MR) is 137 cm³/mol. The van der Waals surface area contributed by atoms with Gasteiger partial charge < -0.3 is 9.47 Å². The SMILES string of the molecule is C=C(C)C(=O)Oc1ccc(C(=C2c3ccccc3-c3ccccc32)c2ccc(OC)cc2)cc1. The van der Waals surface area contributed by atoms with Crippen molar-refractivity contribution >= 4 is 17.1 Å². The molecule has 0 atom stereocenters. The van der Waals surface area contributed by atoms with E-state index in [-0.39, 0.29) is 0 Å². The average Bonchev–Trinajstić information content (AvgIpc) is 3.20. The lowest BCUT2D eigenvalue weighted by Crippen LogP contribution is -2.08. The first kappa shape index (κ1) is 21.5. The molecule has 5 rings (SSSR count). The molecule has 166 valence electrons. The standard InChI is InChI=1S/C31H24O3/c1-20(2)31(32)34-24-18-14-22(15-19-24)29(21-12-16-23(33-3)17-13-21)30-27-10-6-4-8-25(27)26-9-5-7-11-28(26)30/h4-19H,1H2,2-3H3.